The molecule has 2 aliphatic heterocycles. The van der Waals surface area contributed by atoms with Crippen LogP contribution in [0.25, 0.3) is 11.2 Å². The van der Waals surface area contributed by atoms with E-state index in [1.165, 1.54) is 29.5 Å². The summed E-state index contributed by atoms with van der Waals surface area (Å²) >= 11 is 0. The van der Waals surface area contributed by atoms with Gasteiger partial charge in [0.1, 0.15) is 56.6 Å². The molecule has 1 aliphatic carbocycles. The Labute approximate surface area is 411 Å². The Balaban J connectivity index is 0.876. The van der Waals surface area contributed by atoms with Crippen LogP contribution in [0.2, 0.25) is 0 Å². The number of nitrogens with two attached hydrogens (primary N) is 1. The van der Waals surface area contributed by atoms with Gasteiger partial charge in [-0.3, -0.25) is 34.0 Å². The minimum atomic E-state index is -2.92. The maximum atomic E-state index is 13.7. The summed E-state index contributed by atoms with van der Waals surface area (Å²) in [5, 5.41) is 21.8. The zero-order valence-electron chi connectivity index (χ0n) is 38.8. The highest BCUT2D eigenvalue weighted by Crippen LogP contribution is 2.44. The van der Waals surface area contributed by atoms with E-state index in [0.717, 1.165) is 0 Å². The van der Waals surface area contributed by atoms with Crippen LogP contribution in [0.5, 0.6) is 5.88 Å². The van der Waals surface area contributed by atoms with E-state index in [1.807, 2.05) is 0 Å². The summed E-state index contributed by atoms with van der Waals surface area (Å²) in [5.74, 6) is -2.13. The van der Waals surface area contributed by atoms with Crippen LogP contribution in [0, 0.1) is 11.8 Å². The Morgan fingerprint density at radius 1 is 0.944 bits per heavy atom. The first-order valence-corrected chi connectivity index (χ1v) is 24.8. The van der Waals surface area contributed by atoms with E-state index < -0.39 is 107 Å². The van der Waals surface area contributed by atoms with Crippen molar-refractivity contribution in [3.05, 3.63) is 100 Å². The number of alkyl carbamates (subject to hydrolysis) is 1. The molecule has 380 valence electrons. The number of aromatic nitrogens is 6. The van der Waals surface area contributed by atoms with Crippen LogP contribution in [0.3, 0.4) is 0 Å². The Morgan fingerprint density at radius 3 is 2.47 bits per heavy atom. The molecule has 5 heterocycles. The number of nitrogens with one attached hydrogen (secondary N) is 5. The Morgan fingerprint density at radius 2 is 1.71 bits per heavy atom. The van der Waals surface area contributed by atoms with Gasteiger partial charge < -0.3 is 41.0 Å². The van der Waals surface area contributed by atoms with Gasteiger partial charge in [0.15, 0.2) is 23.5 Å². The number of aliphatic hydroxyl groups is 1. The fourth-order valence-corrected chi connectivity index (χ4v) is 9.54. The normalized spacial score (nSPS) is 24.2. The van der Waals surface area contributed by atoms with E-state index in [2.05, 4.69) is 46.2 Å². The molecule has 11 atom stereocenters. The number of carbonyl (C=O) groups is 4. The number of amides is 4. The molecule has 2 bridgehead atoms. The summed E-state index contributed by atoms with van der Waals surface area (Å²) in [6.45, 7) is 4.27. The number of carbonyl (C=O) groups excluding carboxylic acids is 4. The number of ether oxygens (including phenoxy) is 3. The average molecular weight is 1040 g/mol. The van der Waals surface area contributed by atoms with Crippen LogP contribution in [0.1, 0.15) is 61.3 Å². The molecule has 2 aromatic carbocycles. The topological polar surface area (TPSA) is 351 Å². The number of aliphatic hydroxyl groups excluding tert-OH is 1. The molecule has 2 unspecified atom stereocenters. The van der Waals surface area contributed by atoms with Gasteiger partial charge in [-0.1, -0.05) is 44.2 Å². The number of anilines is 2. The first-order valence-electron chi connectivity index (χ1n) is 22.6. The van der Waals surface area contributed by atoms with E-state index >= 15 is 0 Å². The first-order chi connectivity index (χ1) is 34.6. The van der Waals surface area contributed by atoms with Crippen molar-refractivity contribution in [1.29, 1.82) is 0 Å². The minimum Gasteiger partial charge on any atom is -0.474 e. The molecule has 72 heavy (non-hydrogen) atoms. The second-order valence-corrected chi connectivity index (χ2v) is 19.1. The molecule has 4 amide bonds. The van der Waals surface area contributed by atoms with Crippen molar-refractivity contribution in [2.45, 2.75) is 95.6 Å². The second kappa shape index (κ2) is 23.2. The predicted octanol–water partition coefficient (Wildman–Crippen LogP) is 3.26. The number of rotatable bonds is 14. The highest BCUT2D eigenvalue weighted by atomic mass is 31.1. The number of hydrogen-bond acceptors (Lipinski definition) is 20. The Kier molecular flexibility index (Phi) is 16.6. The Bertz CT molecular complexity index is 2860. The van der Waals surface area contributed by atoms with Crippen molar-refractivity contribution in [3.63, 3.8) is 0 Å². The zero-order valence-corrected chi connectivity index (χ0v) is 40.6. The van der Waals surface area contributed by atoms with Crippen molar-refractivity contribution in [2.24, 2.45) is 17.6 Å². The molecule has 0 radical (unpaired) electrons. The summed E-state index contributed by atoms with van der Waals surface area (Å²) in [6.07, 6.45) is -2.71. The molecule has 26 nitrogen and oxygen atoms in total. The number of H-pyrrole nitrogens is 1. The number of nitrogens with zero attached hydrogens (tertiary/aromatic N) is 5. The van der Waals surface area contributed by atoms with Crippen LogP contribution in [0.4, 0.5) is 16.4 Å². The van der Waals surface area contributed by atoms with Gasteiger partial charge in [0.25, 0.3) is 11.5 Å². The third kappa shape index (κ3) is 12.6. The third-order valence-corrected chi connectivity index (χ3v) is 13.5. The van der Waals surface area contributed by atoms with E-state index in [1.54, 1.807) is 69.3 Å². The first kappa shape index (κ1) is 51.6. The summed E-state index contributed by atoms with van der Waals surface area (Å²) in [6, 6.07) is 12.9. The predicted molar refractivity (Wildman–Crippen MR) is 251 cm³/mol. The van der Waals surface area contributed by atoms with Gasteiger partial charge >= 0.3 is 22.6 Å². The minimum absolute atomic E-state index is 0.101. The van der Waals surface area contributed by atoms with Crippen molar-refractivity contribution in [2.75, 3.05) is 23.8 Å². The highest BCUT2D eigenvalue weighted by Gasteiger charge is 2.54. The monoisotopic (exact) mass is 1040 g/mol. The lowest BCUT2D eigenvalue weighted by Crippen LogP contribution is -2.50. The lowest BCUT2D eigenvalue weighted by Gasteiger charge is -2.19. The van der Waals surface area contributed by atoms with Gasteiger partial charge in [-0.15, -0.1) is 18.1 Å². The molecular weight excluding hydrogens is 984 g/mol. The van der Waals surface area contributed by atoms with Crippen LogP contribution in [-0.4, -0.2) is 114 Å². The van der Waals surface area contributed by atoms with Crippen molar-refractivity contribution in [1.82, 2.24) is 40.1 Å². The maximum absolute atomic E-state index is 13.7. The number of fused-ring (bicyclic) bond motifs is 4. The summed E-state index contributed by atoms with van der Waals surface area (Å²) in [4.78, 5) is 83.7. The van der Waals surface area contributed by atoms with Crippen LogP contribution >= 0.6 is 16.5 Å². The molecule has 3 aromatic heterocycles. The van der Waals surface area contributed by atoms with Crippen molar-refractivity contribution >= 4 is 63.1 Å². The van der Waals surface area contributed by atoms with Gasteiger partial charge in [-0.05, 0) is 48.6 Å². The summed E-state index contributed by atoms with van der Waals surface area (Å²) in [5.41, 5.74) is 6.33. The van der Waals surface area contributed by atoms with Gasteiger partial charge in [0.05, 0.1) is 12.4 Å². The maximum Gasteiger partial charge on any atom is 0.697 e. The molecule has 3 fully saturated rings. The molecular formula is C44H51N11O15P2+2. The van der Waals surface area contributed by atoms with Crippen molar-refractivity contribution in [3.8, 4) is 5.88 Å². The summed E-state index contributed by atoms with van der Waals surface area (Å²) < 4.78 is 67.7. The standard InChI is InChI=1S/C44H49N11O15P2/c1-22(2)33(45)40(59)50-23(3)38(57)51-27-10-8-24(9-11-27)17-64-44(61)47-16-25-6-4-5-7-29(25)39(58)53-43-52-37-34(41(60)54-43)49-21-55(37)42-36-35(56)31(68-42)19-66-71(62)69-30-15-28(67-32-12-13-46-20-48-32)14-26(30)18-65-72(63)70-36/h4-13,20-23,26,28,30-31,33,35-36,42,56H,14-19,45H2,1-3H3,(H3-2,47,50,51,52,53,54,57,58,59,60,61)/p+2/t23-,26+,28+,30-,31+,33-,35+,36+,42+/m0/s1. The zero-order chi connectivity index (χ0) is 51.1. The van der Waals surface area contributed by atoms with Gasteiger partial charge in [-0.2, -0.15) is 4.98 Å². The number of aromatic amines is 1. The smallest absolute Gasteiger partial charge is 0.474 e. The average Bonchev–Trinajstić information content (AvgIpc) is 4.05. The van der Waals surface area contributed by atoms with E-state index in [4.69, 9.17) is 38.0 Å². The molecule has 8 rings (SSSR count). The van der Waals surface area contributed by atoms with Crippen LogP contribution < -0.4 is 37.3 Å². The molecule has 2 saturated heterocycles. The fourth-order valence-electron chi connectivity index (χ4n) is 7.93. The number of hydrogen-bond donors (Lipinski definition) is 7. The third-order valence-electron chi connectivity index (χ3n) is 11.9. The van der Waals surface area contributed by atoms with E-state index in [0.29, 0.717) is 35.5 Å². The number of benzene rings is 2. The second-order valence-electron chi connectivity index (χ2n) is 17.3. The molecule has 3 aliphatic rings. The molecule has 0 spiro atoms. The molecule has 28 heteroatoms. The fraction of sp³-hybridized carbons (Fsp3) is 0.432. The highest BCUT2D eigenvalue weighted by molar-refractivity contribution is 7.33. The Hall–Kier alpha value is -6.73. The van der Waals surface area contributed by atoms with Gasteiger partial charge in [0, 0.05) is 51.5 Å². The van der Waals surface area contributed by atoms with E-state index in [9.17, 15) is 38.2 Å². The van der Waals surface area contributed by atoms with Crippen LogP contribution in [0.15, 0.2) is 78.2 Å². The quantitative estimate of drug-likeness (QED) is 0.0785. The summed E-state index contributed by atoms with van der Waals surface area (Å²) in [7, 11) is -5.68. The van der Waals surface area contributed by atoms with Crippen molar-refractivity contribution < 1.29 is 65.7 Å². The molecule has 1 saturated carbocycles. The SMILES string of the molecule is CC(C)[C@H](N)C(=O)N[C@@H](C)C(=O)Nc1ccc(COC(=O)NCc2ccccc2C(=O)Nc2nc3c(ncn3[C@@H]3O[C@@H]4CO[P+](=O)O[C@H]5C[C@H](Oc6ccncn6)C[C@@H]5CO[P+](=O)O[C@@H]3[C@@H]4O)c(=O)[nH]2)cc1. The van der Waals surface area contributed by atoms with Gasteiger partial charge in [0.2, 0.25) is 23.6 Å². The molecule has 8 N–H and O–H groups in total. The van der Waals surface area contributed by atoms with Gasteiger partial charge in [-0.25, -0.2) is 19.7 Å². The lowest BCUT2D eigenvalue weighted by molar-refractivity contribution is -0.127. The largest absolute Gasteiger partial charge is 0.697 e. The molecule has 5 aromatic rings. The van der Waals surface area contributed by atoms with Crippen LogP contribution in [-0.2, 0) is 59.4 Å². The lowest BCUT2D eigenvalue weighted by atomic mass is 10.0. The number of imidazole rings is 1. The van der Waals surface area contributed by atoms with E-state index in [-0.39, 0.29) is 48.4 Å².